The van der Waals surface area contributed by atoms with Gasteiger partial charge in [-0.25, -0.2) is 0 Å². The van der Waals surface area contributed by atoms with E-state index in [-0.39, 0.29) is 31.1 Å². The van der Waals surface area contributed by atoms with E-state index in [1.807, 2.05) is 0 Å². The average molecular weight is 1040 g/mol. The largest absolute Gasteiger partial charge is 0.462 e. The molecule has 0 bridgehead atoms. The minimum atomic E-state index is -0.786. The number of unbranched alkanes of at least 4 members (excludes halogenated alkanes) is 38. The Morgan fingerprint density at radius 3 is 0.838 bits per heavy atom. The van der Waals surface area contributed by atoms with Crippen LogP contribution in [-0.4, -0.2) is 37.2 Å². The molecule has 0 aliphatic carbocycles. The normalized spacial score (nSPS) is 12.4. The van der Waals surface area contributed by atoms with Gasteiger partial charge in [-0.3, -0.25) is 14.4 Å². The van der Waals surface area contributed by atoms with E-state index < -0.39 is 6.10 Å². The summed E-state index contributed by atoms with van der Waals surface area (Å²) in [6, 6.07) is 0. The molecule has 0 aliphatic heterocycles. The summed E-state index contributed by atoms with van der Waals surface area (Å²) in [7, 11) is 0. The lowest BCUT2D eigenvalue weighted by Gasteiger charge is -2.18. The monoisotopic (exact) mass is 1030 g/mol. The lowest BCUT2D eigenvalue weighted by atomic mass is 10.0. The van der Waals surface area contributed by atoms with Crippen LogP contribution in [0.2, 0.25) is 0 Å². The Kier molecular flexibility index (Phi) is 60.2. The summed E-state index contributed by atoms with van der Waals surface area (Å²) < 4.78 is 16.9. The molecule has 0 N–H and O–H groups in total. The number of ether oxygens (including phenoxy) is 3. The fourth-order valence-corrected chi connectivity index (χ4v) is 9.43. The summed E-state index contributed by atoms with van der Waals surface area (Å²) in [5.41, 5.74) is 0. The molecule has 0 aromatic heterocycles. The molecular formula is C68H122O6. The fraction of sp³-hybridized carbons (Fsp3) is 0.809. The third-order valence-corrected chi connectivity index (χ3v) is 14.3. The quantitative estimate of drug-likeness (QED) is 0.0261. The molecular weight excluding hydrogens is 913 g/mol. The van der Waals surface area contributed by atoms with Crippen LogP contribution in [-0.2, 0) is 28.6 Å². The number of rotatable bonds is 59. The molecule has 0 amide bonds. The van der Waals surface area contributed by atoms with Crippen LogP contribution < -0.4 is 0 Å². The first-order valence-corrected chi connectivity index (χ1v) is 32.3. The van der Waals surface area contributed by atoms with Crippen molar-refractivity contribution in [3.63, 3.8) is 0 Å². The van der Waals surface area contributed by atoms with Gasteiger partial charge in [0, 0.05) is 19.3 Å². The van der Waals surface area contributed by atoms with Gasteiger partial charge in [0.1, 0.15) is 13.2 Å². The van der Waals surface area contributed by atoms with Gasteiger partial charge in [0.05, 0.1) is 0 Å². The van der Waals surface area contributed by atoms with E-state index in [9.17, 15) is 14.4 Å². The van der Waals surface area contributed by atoms with Crippen molar-refractivity contribution in [3.05, 3.63) is 60.8 Å². The maximum Gasteiger partial charge on any atom is 0.306 e. The van der Waals surface area contributed by atoms with E-state index in [4.69, 9.17) is 14.2 Å². The van der Waals surface area contributed by atoms with Crippen molar-refractivity contribution in [2.45, 2.75) is 341 Å². The lowest BCUT2D eigenvalue weighted by molar-refractivity contribution is -0.167. The van der Waals surface area contributed by atoms with Crippen LogP contribution >= 0.6 is 0 Å². The van der Waals surface area contributed by atoms with Gasteiger partial charge in [0.2, 0.25) is 0 Å². The average Bonchev–Trinajstić information content (AvgIpc) is 3.40. The highest BCUT2D eigenvalue weighted by atomic mass is 16.6. The zero-order valence-electron chi connectivity index (χ0n) is 49.4. The van der Waals surface area contributed by atoms with Crippen LogP contribution in [0.1, 0.15) is 335 Å². The molecule has 0 fully saturated rings. The molecule has 0 aliphatic rings. The smallest absolute Gasteiger partial charge is 0.306 e. The standard InChI is InChI=1S/C68H122O6/c1-4-7-10-13-16-19-22-25-28-31-33-34-35-38-40-43-46-49-52-55-58-61-67(70)73-64-65(63-72-66(69)60-57-54-51-48-45-42-39-36-30-27-24-21-18-15-12-9-6-3)74-68(71)62-59-56-53-50-47-44-41-37-32-29-26-23-20-17-14-11-8-5-2/h9,12,18,21,27,29-30,32,39,42,65H,4-8,10-11,13-17,19-20,22-26,28,31,33-38,40-41,43-64H2,1-3H3/b12-9-,21-18-,30-27-,32-29-,42-39-. The molecule has 0 radical (unpaired) electrons. The molecule has 0 aromatic rings. The molecule has 0 aromatic carbocycles. The molecule has 6 heteroatoms. The van der Waals surface area contributed by atoms with Gasteiger partial charge >= 0.3 is 17.9 Å². The third-order valence-electron chi connectivity index (χ3n) is 14.3. The van der Waals surface area contributed by atoms with Gasteiger partial charge in [-0.2, -0.15) is 0 Å². The molecule has 74 heavy (non-hydrogen) atoms. The third kappa shape index (κ3) is 60.0. The molecule has 1 unspecified atom stereocenters. The highest BCUT2D eigenvalue weighted by molar-refractivity contribution is 5.71. The zero-order chi connectivity index (χ0) is 53.6. The molecule has 0 heterocycles. The van der Waals surface area contributed by atoms with Gasteiger partial charge in [0.15, 0.2) is 6.10 Å². The van der Waals surface area contributed by atoms with Gasteiger partial charge in [0.25, 0.3) is 0 Å². The van der Waals surface area contributed by atoms with E-state index in [0.717, 1.165) is 96.3 Å². The van der Waals surface area contributed by atoms with E-state index >= 15 is 0 Å². The van der Waals surface area contributed by atoms with Crippen molar-refractivity contribution >= 4 is 17.9 Å². The zero-order valence-corrected chi connectivity index (χ0v) is 49.4. The van der Waals surface area contributed by atoms with Crippen LogP contribution in [0.5, 0.6) is 0 Å². The maximum atomic E-state index is 12.9. The summed E-state index contributed by atoms with van der Waals surface area (Å²) >= 11 is 0. The highest BCUT2D eigenvalue weighted by Gasteiger charge is 2.19. The molecule has 0 saturated carbocycles. The number of allylic oxidation sites excluding steroid dienone is 10. The van der Waals surface area contributed by atoms with Crippen molar-refractivity contribution in [2.75, 3.05) is 13.2 Å². The molecule has 6 nitrogen and oxygen atoms in total. The van der Waals surface area contributed by atoms with Crippen LogP contribution in [0, 0.1) is 0 Å². The molecule has 0 rings (SSSR count). The van der Waals surface area contributed by atoms with Gasteiger partial charge in [-0.15, -0.1) is 0 Å². The van der Waals surface area contributed by atoms with Crippen LogP contribution in [0.3, 0.4) is 0 Å². The molecule has 0 spiro atoms. The van der Waals surface area contributed by atoms with Crippen LogP contribution in [0.4, 0.5) is 0 Å². The van der Waals surface area contributed by atoms with E-state index in [0.29, 0.717) is 19.3 Å². The first-order chi connectivity index (χ1) is 36.5. The van der Waals surface area contributed by atoms with Gasteiger partial charge in [-0.1, -0.05) is 293 Å². The van der Waals surface area contributed by atoms with E-state index in [1.165, 1.54) is 199 Å². The Bertz CT molecular complexity index is 1330. The fourth-order valence-electron chi connectivity index (χ4n) is 9.43. The topological polar surface area (TPSA) is 78.9 Å². The summed E-state index contributed by atoms with van der Waals surface area (Å²) in [6.07, 6.45) is 79.4. The number of hydrogen-bond acceptors (Lipinski definition) is 6. The Balaban J connectivity index is 4.36. The summed E-state index contributed by atoms with van der Waals surface area (Å²) in [4.78, 5) is 38.3. The van der Waals surface area contributed by atoms with Crippen molar-refractivity contribution in [2.24, 2.45) is 0 Å². The van der Waals surface area contributed by atoms with Gasteiger partial charge < -0.3 is 14.2 Å². The minimum Gasteiger partial charge on any atom is -0.462 e. The molecule has 430 valence electrons. The maximum absolute atomic E-state index is 12.9. The first-order valence-electron chi connectivity index (χ1n) is 32.3. The summed E-state index contributed by atoms with van der Waals surface area (Å²) in [6.45, 7) is 6.55. The Morgan fingerprint density at radius 2 is 0.527 bits per heavy atom. The second-order valence-corrected chi connectivity index (χ2v) is 21.6. The Labute approximate surface area is 460 Å². The first kappa shape index (κ1) is 71.1. The second-order valence-electron chi connectivity index (χ2n) is 21.6. The molecule has 0 saturated heterocycles. The predicted octanol–water partition coefficient (Wildman–Crippen LogP) is 21.9. The van der Waals surface area contributed by atoms with Crippen molar-refractivity contribution in [3.8, 4) is 0 Å². The number of carbonyl (C=O) groups is 3. The second kappa shape index (κ2) is 62.6. The van der Waals surface area contributed by atoms with Crippen LogP contribution in [0.25, 0.3) is 0 Å². The number of carbonyl (C=O) groups excluding carboxylic acids is 3. The van der Waals surface area contributed by atoms with Crippen LogP contribution in [0.15, 0.2) is 60.8 Å². The molecule has 1 atom stereocenters. The van der Waals surface area contributed by atoms with Crippen molar-refractivity contribution < 1.29 is 28.6 Å². The van der Waals surface area contributed by atoms with Crippen molar-refractivity contribution in [1.82, 2.24) is 0 Å². The van der Waals surface area contributed by atoms with Gasteiger partial charge in [-0.05, 0) is 83.5 Å². The number of hydrogen-bond donors (Lipinski definition) is 0. The predicted molar refractivity (Wildman–Crippen MR) is 321 cm³/mol. The van der Waals surface area contributed by atoms with E-state index in [1.54, 1.807) is 0 Å². The Morgan fingerprint density at radius 1 is 0.284 bits per heavy atom. The SMILES string of the molecule is CC/C=C\C/C=C\C/C=C\C/C=C\CCCCCCC(=O)OCC(COC(=O)CCCCCCCCCCCCCCCCCCCCCCC)OC(=O)CCCCCCCCC/C=C\CCCCCCCCC. The Hall–Kier alpha value is -2.89. The summed E-state index contributed by atoms with van der Waals surface area (Å²) in [5.74, 6) is -0.890. The minimum absolute atomic E-state index is 0.0806. The number of esters is 3. The highest BCUT2D eigenvalue weighted by Crippen LogP contribution is 2.17. The lowest BCUT2D eigenvalue weighted by Crippen LogP contribution is -2.30. The van der Waals surface area contributed by atoms with E-state index in [2.05, 4.69) is 81.5 Å². The van der Waals surface area contributed by atoms with Crippen molar-refractivity contribution in [1.29, 1.82) is 0 Å². The summed E-state index contributed by atoms with van der Waals surface area (Å²) in [5, 5.41) is 0.